The third kappa shape index (κ3) is 5.75. The number of rotatable bonds is 8. The summed E-state index contributed by atoms with van der Waals surface area (Å²) in [5.41, 5.74) is 5.55. The summed E-state index contributed by atoms with van der Waals surface area (Å²) in [6.45, 7) is 14.6. The number of hydrogen-bond acceptors (Lipinski definition) is 4. The van der Waals surface area contributed by atoms with Crippen molar-refractivity contribution >= 4 is 12.0 Å². The quantitative estimate of drug-likeness (QED) is 0.276. The molecule has 4 saturated carbocycles. The Morgan fingerprint density at radius 2 is 1.73 bits per heavy atom. The van der Waals surface area contributed by atoms with Gasteiger partial charge in [0, 0.05) is 38.8 Å². The van der Waals surface area contributed by atoms with E-state index < -0.39 is 0 Å². The first-order valence-corrected chi connectivity index (χ1v) is 20.8. The largest absolute Gasteiger partial charge is 0.461 e. The van der Waals surface area contributed by atoms with Gasteiger partial charge in [0.05, 0.1) is 5.92 Å². The Kier molecular flexibility index (Phi) is 9.28. The number of ether oxygens (including phenoxy) is 1. The molecule has 1 aromatic carbocycles. The molecule has 2 amide bonds. The van der Waals surface area contributed by atoms with Crippen molar-refractivity contribution in [2.45, 2.75) is 123 Å². The van der Waals surface area contributed by atoms with Crippen molar-refractivity contribution in [3.63, 3.8) is 0 Å². The van der Waals surface area contributed by atoms with E-state index in [9.17, 15) is 9.59 Å². The first kappa shape index (κ1) is 35.4. The Bertz CT molecular complexity index is 1550. The van der Waals surface area contributed by atoms with Crippen LogP contribution >= 0.6 is 0 Å². The SMILES string of the molecule is CC1C(C2=CC[C@H](C(=O)OCc3ccccc3)CC2)=CC[C@@]2(C)C1CC[C@]1(C)C2CC[C@@H]2C3CCC[C@]3(NCCN3CCN(C)C3=O)CC[C@]21C. The van der Waals surface area contributed by atoms with E-state index in [-0.39, 0.29) is 23.5 Å². The Balaban J connectivity index is 0.937. The van der Waals surface area contributed by atoms with Gasteiger partial charge >= 0.3 is 12.0 Å². The van der Waals surface area contributed by atoms with Gasteiger partial charge in [0.25, 0.3) is 0 Å². The van der Waals surface area contributed by atoms with Crippen LogP contribution in [0.15, 0.2) is 53.6 Å². The Labute approximate surface area is 308 Å². The van der Waals surface area contributed by atoms with Crippen LogP contribution < -0.4 is 5.32 Å². The molecule has 1 heterocycles. The number of hydrogen-bond donors (Lipinski definition) is 1. The molecule has 7 aliphatic rings. The Hall–Kier alpha value is -2.60. The maximum atomic E-state index is 13.0. The highest BCUT2D eigenvalue weighted by molar-refractivity contribution is 5.76. The molecular formula is C45H65N3O3. The lowest BCUT2D eigenvalue weighted by atomic mass is 9.34. The van der Waals surface area contributed by atoms with Gasteiger partial charge in [-0.25, -0.2) is 4.79 Å². The number of carbonyl (C=O) groups is 2. The highest BCUT2D eigenvalue weighted by atomic mass is 16.5. The first-order chi connectivity index (χ1) is 24.5. The molecule has 8 rings (SSSR count). The minimum atomic E-state index is -0.0389. The Morgan fingerprint density at radius 1 is 0.902 bits per heavy atom. The van der Waals surface area contributed by atoms with Crippen molar-refractivity contribution in [1.29, 1.82) is 0 Å². The van der Waals surface area contributed by atoms with E-state index in [1.54, 1.807) is 5.57 Å². The van der Waals surface area contributed by atoms with E-state index in [1.165, 1.54) is 69.8 Å². The molecule has 0 bridgehead atoms. The molecule has 5 fully saturated rings. The highest BCUT2D eigenvalue weighted by Gasteiger charge is 2.68. The third-order valence-corrected chi connectivity index (χ3v) is 17.1. The second-order valence-electron chi connectivity index (χ2n) is 18.9. The number of esters is 1. The van der Waals surface area contributed by atoms with Crippen molar-refractivity contribution < 1.29 is 14.3 Å². The number of likely N-dealkylation sites (N-methyl/N-ethyl adjacent to an activating group) is 1. The van der Waals surface area contributed by atoms with Gasteiger partial charge in [-0.2, -0.15) is 0 Å². The van der Waals surface area contributed by atoms with Crippen LogP contribution in [0.2, 0.25) is 0 Å². The molecule has 1 aliphatic heterocycles. The van der Waals surface area contributed by atoms with Crippen molar-refractivity contribution in [2.24, 2.45) is 51.8 Å². The van der Waals surface area contributed by atoms with Crippen molar-refractivity contribution in [3.05, 3.63) is 59.2 Å². The zero-order valence-electron chi connectivity index (χ0n) is 32.4. The second kappa shape index (κ2) is 13.4. The molecule has 1 N–H and O–H groups in total. The molecule has 1 aromatic rings. The van der Waals surface area contributed by atoms with Gasteiger partial charge in [-0.3, -0.25) is 4.79 Å². The topological polar surface area (TPSA) is 61.9 Å². The predicted octanol–water partition coefficient (Wildman–Crippen LogP) is 9.17. The van der Waals surface area contributed by atoms with E-state index in [0.29, 0.717) is 28.8 Å². The smallest absolute Gasteiger partial charge is 0.319 e. The zero-order chi connectivity index (χ0) is 35.6. The maximum absolute atomic E-state index is 13.0. The summed E-state index contributed by atoms with van der Waals surface area (Å²) < 4.78 is 5.73. The molecular weight excluding hydrogens is 631 g/mol. The lowest BCUT2D eigenvalue weighted by Gasteiger charge is -2.71. The number of urea groups is 1. The minimum Gasteiger partial charge on any atom is -0.461 e. The van der Waals surface area contributed by atoms with Gasteiger partial charge in [0.15, 0.2) is 0 Å². The van der Waals surface area contributed by atoms with Crippen LogP contribution in [0, 0.1) is 51.8 Å². The summed E-state index contributed by atoms with van der Waals surface area (Å²) >= 11 is 0. The molecule has 1 saturated heterocycles. The van der Waals surface area contributed by atoms with Gasteiger partial charge in [-0.1, -0.05) is 76.6 Å². The number of amides is 2. The number of carbonyl (C=O) groups excluding carboxylic acids is 2. The van der Waals surface area contributed by atoms with E-state index in [0.717, 1.165) is 74.7 Å². The van der Waals surface area contributed by atoms with Crippen molar-refractivity contribution in [3.8, 4) is 0 Å². The maximum Gasteiger partial charge on any atom is 0.319 e. The first-order valence-electron chi connectivity index (χ1n) is 20.8. The van der Waals surface area contributed by atoms with Gasteiger partial charge < -0.3 is 19.9 Å². The molecule has 6 heteroatoms. The van der Waals surface area contributed by atoms with Crippen LogP contribution in [0.3, 0.4) is 0 Å². The molecule has 51 heavy (non-hydrogen) atoms. The standard InChI is InChI=1S/C45H65N3O3/c1-31-35(33-13-15-34(16-14-33)40(49)51-30-32-10-7-6-8-11-32)19-22-42(2)36(31)20-23-44(4)39(42)18-17-37-38-12-9-21-45(38,25-24-43(37,44)3)46-26-27-48-29-28-47(5)41(48)50/h6-8,10-11,13,19,31,34,36-39,46H,9,12,14-18,20-30H2,1-5H3/t31?,34-,36?,37+,38?,39?,42-,43+,44+,45-/m0/s1. The van der Waals surface area contributed by atoms with E-state index >= 15 is 0 Å². The molecule has 4 unspecified atom stereocenters. The van der Waals surface area contributed by atoms with Crippen LogP contribution in [0.1, 0.15) is 117 Å². The summed E-state index contributed by atoms with van der Waals surface area (Å²) in [7, 11) is 1.93. The molecule has 0 spiro atoms. The van der Waals surface area contributed by atoms with E-state index in [4.69, 9.17) is 4.74 Å². The molecule has 6 aliphatic carbocycles. The number of allylic oxidation sites excluding steroid dienone is 4. The van der Waals surface area contributed by atoms with Crippen LogP contribution in [-0.4, -0.2) is 60.6 Å². The monoisotopic (exact) mass is 696 g/mol. The average molecular weight is 696 g/mol. The number of nitrogens with zero attached hydrogens (tertiary/aromatic N) is 2. The predicted molar refractivity (Wildman–Crippen MR) is 204 cm³/mol. The second-order valence-corrected chi connectivity index (χ2v) is 18.9. The summed E-state index contributed by atoms with van der Waals surface area (Å²) in [5, 5.41) is 4.16. The average Bonchev–Trinajstić information content (AvgIpc) is 3.70. The number of nitrogens with one attached hydrogen (secondary N) is 1. The molecule has 6 nitrogen and oxygen atoms in total. The fraction of sp³-hybridized carbons (Fsp3) is 0.733. The molecule has 10 atom stereocenters. The van der Waals surface area contributed by atoms with Crippen LogP contribution in [0.25, 0.3) is 0 Å². The number of benzene rings is 1. The third-order valence-electron chi connectivity index (χ3n) is 17.1. The summed E-state index contributed by atoms with van der Waals surface area (Å²) in [6, 6.07) is 10.2. The number of fused-ring (bicyclic) bond motifs is 7. The van der Waals surface area contributed by atoms with E-state index in [1.807, 2.05) is 47.2 Å². The Morgan fingerprint density at radius 3 is 2.47 bits per heavy atom. The lowest BCUT2D eigenvalue weighted by molar-refractivity contribution is -0.212. The summed E-state index contributed by atoms with van der Waals surface area (Å²) in [4.78, 5) is 29.4. The minimum absolute atomic E-state index is 0.0193. The zero-order valence-corrected chi connectivity index (χ0v) is 32.4. The fourth-order valence-electron chi connectivity index (χ4n) is 14.0. The highest BCUT2D eigenvalue weighted by Crippen LogP contribution is 2.75. The van der Waals surface area contributed by atoms with E-state index in [2.05, 4.69) is 45.2 Å². The van der Waals surface area contributed by atoms with Gasteiger partial charge in [-0.05, 0) is 140 Å². The van der Waals surface area contributed by atoms with Gasteiger partial charge in [0.2, 0.25) is 0 Å². The fourth-order valence-corrected chi connectivity index (χ4v) is 14.0. The van der Waals surface area contributed by atoms with Crippen LogP contribution in [0.5, 0.6) is 0 Å². The molecule has 0 radical (unpaired) electrons. The van der Waals surface area contributed by atoms with Crippen LogP contribution in [0.4, 0.5) is 4.79 Å². The lowest BCUT2D eigenvalue weighted by Crippen LogP contribution is -2.67. The summed E-state index contributed by atoms with van der Waals surface area (Å²) in [5.74, 6) is 3.59. The molecule has 278 valence electrons. The van der Waals surface area contributed by atoms with Crippen molar-refractivity contribution in [1.82, 2.24) is 15.1 Å². The van der Waals surface area contributed by atoms with Gasteiger partial charge in [-0.15, -0.1) is 0 Å². The van der Waals surface area contributed by atoms with Crippen LogP contribution in [-0.2, 0) is 16.1 Å². The molecule has 0 aromatic heterocycles. The normalized spacial score (nSPS) is 41.9. The van der Waals surface area contributed by atoms with Crippen molar-refractivity contribution in [2.75, 3.05) is 33.2 Å². The summed E-state index contributed by atoms with van der Waals surface area (Å²) in [6.07, 6.45) is 21.1. The van der Waals surface area contributed by atoms with Gasteiger partial charge in [0.1, 0.15) is 6.61 Å².